The van der Waals surface area contributed by atoms with Crippen molar-refractivity contribution in [3.05, 3.63) is 54.4 Å². The lowest BCUT2D eigenvalue weighted by Gasteiger charge is -2.01. The Kier molecular flexibility index (Phi) is 3.02. The number of hydrogen-bond donors (Lipinski definition) is 1. The molecule has 5 nitrogen and oxygen atoms in total. The highest BCUT2D eigenvalue weighted by molar-refractivity contribution is 5.75. The molecular formula is C14H13N3O2. The van der Waals surface area contributed by atoms with Crippen molar-refractivity contribution in [2.45, 2.75) is 12.8 Å². The summed E-state index contributed by atoms with van der Waals surface area (Å²) in [4.78, 5) is 3.99. The first kappa shape index (κ1) is 11.5. The van der Waals surface area contributed by atoms with Gasteiger partial charge >= 0.3 is 0 Å². The van der Waals surface area contributed by atoms with E-state index in [0.29, 0.717) is 12.2 Å². The Labute approximate surface area is 110 Å². The van der Waals surface area contributed by atoms with Crippen LogP contribution >= 0.6 is 0 Å². The fourth-order valence-corrected chi connectivity index (χ4v) is 2.03. The maximum absolute atomic E-state index is 5.87. The summed E-state index contributed by atoms with van der Waals surface area (Å²) in [5.74, 6) is 2.08. The van der Waals surface area contributed by atoms with Gasteiger partial charge in [-0.25, -0.2) is 0 Å². The molecule has 96 valence electrons. The summed E-state index contributed by atoms with van der Waals surface area (Å²) >= 11 is 0. The maximum Gasteiger partial charge on any atom is 0.175 e. The van der Waals surface area contributed by atoms with Crippen molar-refractivity contribution in [2.75, 3.05) is 5.73 Å². The van der Waals surface area contributed by atoms with Gasteiger partial charge in [0.15, 0.2) is 5.82 Å². The van der Waals surface area contributed by atoms with E-state index < -0.39 is 0 Å². The molecule has 0 aliphatic heterocycles. The highest BCUT2D eigenvalue weighted by Crippen LogP contribution is 2.29. The molecule has 0 unspecified atom stereocenters. The van der Waals surface area contributed by atoms with Crippen LogP contribution in [0.2, 0.25) is 0 Å². The van der Waals surface area contributed by atoms with Crippen LogP contribution in [-0.4, -0.2) is 10.1 Å². The number of aryl methyl sites for hydroxylation is 2. The number of furan rings is 1. The van der Waals surface area contributed by atoms with Crippen LogP contribution in [0.4, 0.5) is 5.82 Å². The number of nitrogens with two attached hydrogens (primary N) is 1. The van der Waals surface area contributed by atoms with Crippen LogP contribution < -0.4 is 5.73 Å². The third-order valence-electron chi connectivity index (χ3n) is 2.94. The summed E-state index contributed by atoms with van der Waals surface area (Å²) in [6.45, 7) is 0. The highest BCUT2D eigenvalue weighted by atomic mass is 16.5. The molecule has 0 fully saturated rings. The number of pyridine rings is 1. The lowest BCUT2D eigenvalue weighted by atomic mass is 10.0. The van der Waals surface area contributed by atoms with Gasteiger partial charge in [0.25, 0.3) is 0 Å². The molecule has 0 amide bonds. The van der Waals surface area contributed by atoms with Gasteiger partial charge in [-0.15, -0.1) is 0 Å². The average molecular weight is 255 g/mol. The molecule has 0 saturated heterocycles. The molecule has 5 heteroatoms. The summed E-state index contributed by atoms with van der Waals surface area (Å²) in [6.07, 6.45) is 6.54. The normalized spacial score (nSPS) is 10.7. The molecule has 0 aromatic carbocycles. The SMILES string of the molecule is Nc1noc(CCc2ccco2)c1-c1ccncc1. The zero-order valence-corrected chi connectivity index (χ0v) is 10.2. The summed E-state index contributed by atoms with van der Waals surface area (Å²) in [5.41, 5.74) is 7.68. The Hall–Kier alpha value is -2.56. The second-order valence-electron chi connectivity index (χ2n) is 4.18. The second-order valence-corrected chi connectivity index (χ2v) is 4.18. The standard InChI is InChI=1S/C14H13N3O2/c15-14-13(10-5-7-16-8-6-10)12(19-17-14)4-3-11-2-1-9-18-11/h1-2,5-9H,3-4H2,(H2,15,17). The van der Waals surface area contributed by atoms with E-state index in [1.807, 2.05) is 24.3 Å². The van der Waals surface area contributed by atoms with Crippen molar-refractivity contribution >= 4 is 5.82 Å². The Morgan fingerprint density at radius 1 is 1.11 bits per heavy atom. The number of anilines is 1. The highest BCUT2D eigenvalue weighted by Gasteiger charge is 2.15. The molecule has 19 heavy (non-hydrogen) atoms. The van der Waals surface area contributed by atoms with Gasteiger partial charge in [0.2, 0.25) is 0 Å². The Morgan fingerprint density at radius 2 is 1.95 bits per heavy atom. The largest absolute Gasteiger partial charge is 0.469 e. The molecule has 0 saturated carbocycles. The summed E-state index contributed by atoms with van der Waals surface area (Å²) in [7, 11) is 0. The van der Waals surface area contributed by atoms with Crippen molar-refractivity contribution < 1.29 is 8.94 Å². The van der Waals surface area contributed by atoms with Crippen LogP contribution in [0, 0.1) is 0 Å². The molecule has 0 aliphatic carbocycles. The second kappa shape index (κ2) is 4.97. The van der Waals surface area contributed by atoms with Crippen LogP contribution in [0.25, 0.3) is 11.1 Å². The average Bonchev–Trinajstić information content (AvgIpc) is 3.07. The topological polar surface area (TPSA) is 78.1 Å². The van der Waals surface area contributed by atoms with E-state index in [9.17, 15) is 0 Å². The third kappa shape index (κ3) is 2.35. The van der Waals surface area contributed by atoms with Crippen molar-refractivity contribution in [1.82, 2.24) is 10.1 Å². The predicted molar refractivity (Wildman–Crippen MR) is 70.3 cm³/mol. The van der Waals surface area contributed by atoms with E-state index in [1.54, 1.807) is 18.7 Å². The molecule has 0 aliphatic rings. The van der Waals surface area contributed by atoms with Crippen LogP contribution in [0.15, 0.2) is 51.9 Å². The maximum atomic E-state index is 5.87. The van der Waals surface area contributed by atoms with Crippen LogP contribution in [0.3, 0.4) is 0 Å². The summed E-state index contributed by atoms with van der Waals surface area (Å²) in [5, 5.41) is 3.84. The number of rotatable bonds is 4. The summed E-state index contributed by atoms with van der Waals surface area (Å²) < 4.78 is 10.6. The van der Waals surface area contributed by atoms with Crippen LogP contribution in [0.5, 0.6) is 0 Å². The minimum absolute atomic E-state index is 0.403. The minimum atomic E-state index is 0.403. The minimum Gasteiger partial charge on any atom is -0.469 e. The van der Waals surface area contributed by atoms with Crippen molar-refractivity contribution in [3.63, 3.8) is 0 Å². The monoisotopic (exact) mass is 255 g/mol. The molecule has 0 atom stereocenters. The zero-order valence-electron chi connectivity index (χ0n) is 10.2. The quantitative estimate of drug-likeness (QED) is 0.775. The molecule has 0 bridgehead atoms. The number of nitrogen functional groups attached to an aromatic ring is 1. The molecule has 3 heterocycles. The van der Waals surface area contributed by atoms with E-state index in [-0.39, 0.29) is 0 Å². The number of nitrogens with zero attached hydrogens (tertiary/aromatic N) is 2. The van der Waals surface area contributed by atoms with Crippen LogP contribution in [-0.2, 0) is 12.8 Å². The summed E-state index contributed by atoms with van der Waals surface area (Å²) in [6, 6.07) is 7.58. The molecule has 3 aromatic heterocycles. The Morgan fingerprint density at radius 3 is 2.68 bits per heavy atom. The fourth-order valence-electron chi connectivity index (χ4n) is 2.03. The number of aromatic nitrogens is 2. The fraction of sp³-hybridized carbons (Fsp3) is 0.143. The van der Waals surface area contributed by atoms with Gasteiger partial charge in [-0.2, -0.15) is 0 Å². The van der Waals surface area contributed by atoms with E-state index in [2.05, 4.69) is 10.1 Å². The van der Waals surface area contributed by atoms with Crippen molar-refractivity contribution in [3.8, 4) is 11.1 Å². The zero-order chi connectivity index (χ0) is 13.1. The first-order chi connectivity index (χ1) is 9.34. The first-order valence-corrected chi connectivity index (χ1v) is 6.01. The van der Waals surface area contributed by atoms with Gasteiger partial charge in [-0.05, 0) is 29.8 Å². The molecule has 0 spiro atoms. The van der Waals surface area contributed by atoms with Crippen LogP contribution in [0.1, 0.15) is 11.5 Å². The molecule has 3 rings (SSSR count). The lowest BCUT2D eigenvalue weighted by molar-refractivity contribution is 0.382. The van der Waals surface area contributed by atoms with E-state index in [4.69, 9.17) is 14.7 Å². The smallest absolute Gasteiger partial charge is 0.175 e. The molecular weight excluding hydrogens is 242 g/mol. The van der Waals surface area contributed by atoms with Crippen molar-refractivity contribution in [1.29, 1.82) is 0 Å². The van der Waals surface area contributed by atoms with E-state index >= 15 is 0 Å². The van der Waals surface area contributed by atoms with Gasteiger partial charge in [-0.3, -0.25) is 4.98 Å². The number of hydrogen-bond acceptors (Lipinski definition) is 5. The lowest BCUT2D eigenvalue weighted by Crippen LogP contribution is -1.93. The van der Waals surface area contributed by atoms with E-state index in [0.717, 1.165) is 29.1 Å². The Bertz CT molecular complexity index is 645. The van der Waals surface area contributed by atoms with Gasteiger partial charge in [-0.1, -0.05) is 5.16 Å². The molecule has 2 N–H and O–H groups in total. The van der Waals surface area contributed by atoms with Gasteiger partial charge < -0.3 is 14.7 Å². The molecule has 0 radical (unpaired) electrons. The predicted octanol–water partition coefficient (Wildman–Crippen LogP) is 2.70. The Balaban J connectivity index is 1.87. The molecule has 3 aromatic rings. The van der Waals surface area contributed by atoms with Crippen molar-refractivity contribution in [2.24, 2.45) is 0 Å². The van der Waals surface area contributed by atoms with Gasteiger partial charge in [0.1, 0.15) is 11.5 Å². The van der Waals surface area contributed by atoms with E-state index in [1.165, 1.54) is 0 Å². The van der Waals surface area contributed by atoms with Gasteiger partial charge in [0, 0.05) is 25.2 Å². The van der Waals surface area contributed by atoms with Gasteiger partial charge in [0.05, 0.1) is 11.8 Å². The third-order valence-corrected chi connectivity index (χ3v) is 2.94. The first-order valence-electron chi connectivity index (χ1n) is 6.01.